The Labute approximate surface area is 202 Å². The van der Waals surface area contributed by atoms with E-state index in [1.54, 1.807) is 68.8 Å². The summed E-state index contributed by atoms with van der Waals surface area (Å²) in [7, 11) is 3.14. The predicted molar refractivity (Wildman–Crippen MR) is 131 cm³/mol. The number of hydrogen-bond donors (Lipinski definition) is 2. The van der Waals surface area contributed by atoms with E-state index in [0.717, 1.165) is 0 Å². The second-order valence-corrected chi connectivity index (χ2v) is 8.18. The van der Waals surface area contributed by atoms with Gasteiger partial charge in [0.05, 0.1) is 26.0 Å². The smallest absolute Gasteiger partial charge is 0.251 e. The standard InChI is InChI=1S/C24H27N5O4S/c1-5-13-29-22(16(2)25-23(31)17-9-11-19(32-3)12-10-17)27-28-24(29)34-15-21(30)26-18-7-6-8-20(14-18)33-4/h5-12,14,16H,1,13,15H2,2-4H3,(H,25,31)(H,26,30)/t16-/m1/s1. The van der Waals surface area contributed by atoms with Crippen molar-refractivity contribution in [1.82, 2.24) is 20.1 Å². The van der Waals surface area contributed by atoms with Crippen LogP contribution in [0.3, 0.4) is 0 Å². The molecule has 0 unspecified atom stereocenters. The highest BCUT2D eigenvalue weighted by atomic mass is 32.2. The lowest BCUT2D eigenvalue weighted by molar-refractivity contribution is -0.113. The first-order valence-electron chi connectivity index (χ1n) is 10.5. The number of rotatable bonds is 11. The maximum absolute atomic E-state index is 12.6. The summed E-state index contributed by atoms with van der Waals surface area (Å²) in [6.07, 6.45) is 1.71. The molecule has 0 saturated heterocycles. The van der Waals surface area contributed by atoms with Gasteiger partial charge in [0.1, 0.15) is 11.5 Å². The molecule has 2 amide bonds. The molecule has 3 aromatic rings. The molecule has 1 heterocycles. The maximum atomic E-state index is 12.6. The number of aromatic nitrogens is 3. The first-order valence-corrected chi connectivity index (χ1v) is 11.5. The van der Waals surface area contributed by atoms with Crippen LogP contribution < -0.4 is 20.1 Å². The fourth-order valence-electron chi connectivity index (χ4n) is 3.14. The van der Waals surface area contributed by atoms with Crippen LogP contribution in [-0.4, -0.2) is 46.6 Å². The summed E-state index contributed by atoms with van der Waals surface area (Å²) in [4.78, 5) is 25.1. The van der Waals surface area contributed by atoms with Crippen LogP contribution in [-0.2, 0) is 11.3 Å². The molecule has 0 aliphatic heterocycles. The fraction of sp³-hybridized carbons (Fsp3) is 0.250. The van der Waals surface area contributed by atoms with Gasteiger partial charge >= 0.3 is 0 Å². The largest absolute Gasteiger partial charge is 0.497 e. The van der Waals surface area contributed by atoms with E-state index in [9.17, 15) is 9.59 Å². The van der Waals surface area contributed by atoms with Gasteiger partial charge < -0.3 is 24.7 Å². The van der Waals surface area contributed by atoms with Crippen molar-refractivity contribution < 1.29 is 19.1 Å². The van der Waals surface area contributed by atoms with Gasteiger partial charge in [0, 0.05) is 23.9 Å². The Morgan fingerprint density at radius 3 is 2.53 bits per heavy atom. The minimum Gasteiger partial charge on any atom is -0.497 e. The number of benzene rings is 2. The summed E-state index contributed by atoms with van der Waals surface area (Å²) in [6, 6.07) is 13.6. The third-order valence-corrected chi connectivity index (χ3v) is 5.80. The molecule has 1 atom stereocenters. The van der Waals surface area contributed by atoms with E-state index in [-0.39, 0.29) is 17.6 Å². The van der Waals surface area contributed by atoms with Crippen LogP contribution >= 0.6 is 11.8 Å². The predicted octanol–water partition coefficient (Wildman–Crippen LogP) is 3.70. The van der Waals surface area contributed by atoms with Crippen molar-refractivity contribution in [2.24, 2.45) is 0 Å². The van der Waals surface area contributed by atoms with E-state index in [1.807, 2.05) is 11.5 Å². The number of thioether (sulfide) groups is 1. The number of carbonyl (C=O) groups is 2. The van der Waals surface area contributed by atoms with Gasteiger partial charge in [-0.05, 0) is 43.3 Å². The van der Waals surface area contributed by atoms with Crippen molar-refractivity contribution in [1.29, 1.82) is 0 Å². The normalized spacial score (nSPS) is 11.4. The van der Waals surface area contributed by atoms with Gasteiger partial charge in [-0.15, -0.1) is 16.8 Å². The van der Waals surface area contributed by atoms with Crippen LogP contribution in [0.15, 0.2) is 66.3 Å². The zero-order valence-electron chi connectivity index (χ0n) is 19.3. The Hall–Kier alpha value is -3.79. The average molecular weight is 482 g/mol. The molecule has 1 aromatic heterocycles. The summed E-state index contributed by atoms with van der Waals surface area (Å²) in [5.74, 6) is 1.61. The fourth-order valence-corrected chi connectivity index (χ4v) is 3.90. The highest BCUT2D eigenvalue weighted by Gasteiger charge is 2.20. The van der Waals surface area contributed by atoms with Crippen LogP contribution in [0.4, 0.5) is 5.69 Å². The van der Waals surface area contributed by atoms with Gasteiger partial charge in [0.25, 0.3) is 5.91 Å². The number of hydrogen-bond acceptors (Lipinski definition) is 7. The Bertz CT molecular complexity index is 1150. The van der Waals surface area contributed by atoms with Crippen LogP contribution in [0, 0.1) is 0 Å². The Morgan fingerprint density at radius 2 is 1.85 bits per heavy atom. The van der Waals surface area contributed by atoms with Crippen LogP contribution in [0.1, 0.15) is 29.1 Å². The number of allylic oxidation sites excluding steroid dienone is 1. The Kier molecular flexibility index (Phi) is 8.69. The van der Waals surface area contributed by atoms with Crippen molar-refractivity contribution in [2.45, 2.75) is 24.7 Å². The van der Waals surface area contributed by atoms with Crippen LogP contribution in [0.2, 0.25) is 0 Å². The molecular formula is C24H27N5O4S. The first kappa shape index (κ1) is 24.8. The SMILES string of the molecule is C=CCn1c(SCC(=O)Nc2cccc(OC)c2)nnc1[C@@H](C)NC(=O)c1ccc(OC)cc1. The number of carbonyl (C=O) groups excluding carboxylic acids is 2. The highest BCUT2D eigenvalue weighted by molar-refractivity contribution is 7.99. The molecule has 0 saturated carbocycles. The number of nitrogens with one attached hydrogen (secondary N) is 2. The van der Waals surface area contributed by atoms with Gasteiger partial charge in [-0.1, -0.05) is 23.9 Å². The lowest BCUT2D eigenvalue weighted by Gasteiger charge is -2.15. The van der Waals surface area contributed by atoms with Crippen molar-refractivity contribution in [2.75, 3.05) is 25.3 Å². The first-order chi connectivity index (χ1) is 16.4. The van der Waals surface area contributed by atoms with Crippen LogP contribution in [0.5, 0.6) is 11.5 Å². The number of anilines is 1. The van der Waals surface area contributed by atoms with E-state index in [2.05, 4.69) is 27.4 Å². The molecule has 0 aliphatic rings. The number of amides is 2. The van der Waals surface area contributed by atoms with Gasteiger partial charge in [-0.3, -0.25) is 9.59 Å². The molecule has 9 nitrogen and oxygen atoms in total. The summed E-state index contributed by atoms with van der Waals surface area (Å²) in [5.41, 5.74) is 1.15. The molecule has 0 aliphatic carbocycles. The summed E-state index contributed by atoms with van der Waals surface area (Å²) in [5, 5.41) is 14.8. The quantitative estimate of drug-likeness (QED) is 0.318. The average Bonchev–Trinajstić information content (AvgIpc) is 3.25. The minimum atomic E-state index is -0.415. The molecule has 0 radical (unpaired) electrons. The summed E-state index contributed by atoms with van der Waals surface area (Å²) < 4.78 is 12.1. The molecule has 178 valence electrons. The lowest BCUT2D eigenvalue weighted by atomic mass is 10.2. The van der Waals surface area contributed by atoms with Crippen LogP contribution in [0.25, 0.3) is 0 Å². The van der Waals surface area contributed by atoms with E-state index in [4.69, 9.17) is 9.47 Å². The topological polar surface area (TPSA) is 107 Å². The van der Waals surface area contributed by atoms with Crippen molar-refractivity contribution in [3.63, 3.8) is 0 Å². The number of ether oxygens (including phenoxy) is 2. The Morgan fingerprint density at radius 1 is 1.12 bits per heavy atom. The number of methoxy groups -OCH3 is 2. The van der Waals surface area contributed by atoms with E-state index < -0.39 is 6.04 Å². The third kappa shape index (κ3) is 6.38. The monoisotopic (exact) mass is 481 g/mol. The molecule has 10 heteroatoms. The molecule has 0 fully saturated rings. The second kappa shape index (κ2) is 11.9. The Balaban J connectivity index is 1.64. The molecule has 34 heavy (non-hydrogen) atoms. The maximum Gasteiger partial charge on any atom is 0.251 e. The molecule has 2 N–H and O–H groups in total. The molecule has 0 spiro atoms. The molecule has 3 rings (SSSR count). The summed E-state index contributed by atoms with van der Waals surface area (Å²) in [6.45, 7) is 6.06. The van der Waals surface area contributed by atoms with Crippen molar-refractivity contribution in [3.8, 4) is 11.5 Å². The molecule has 0 bridgehead atoms. The number of nitrogens with zero attached hydrogens (tertiary/aromatic N) is 3. The third-order valence-electron chi connectivity index (χ3n) is 4.83. The van der Waals surface area contributed by atoms with Crippen molar-refractivity contribution >= 4 is 29.3 Å². The van der Waals surface area contributed by atoms with Gasteiger partial charge in [-0.25, -0.2) is 0 Å². The van der Waals surface area contributed by atoms with E-state index in [0.29, 0.717) is 40.3 Å². The second-order valence-electron chi connectivity index (χ2n) is 7.23. The van der Waals surface area contributed by atoms with E-state index in [1.165, 1.54) is 11.8 Å². The summed E-state index contributed by atoms with van der Waals surface area (Å²) >= 11 is 1.25. The highest BCUT2D eigenvalue weighted by Crippen LogP contribution is 2.22. The molecule has 2 aromatic carbocycles. The van der Waals surface area contributed by atoms with Gasteiger partial charge in [-0.2, -0.15) is 0 Å². The zero-order chi connectivity index (χ0) is 24.5. The minimum absolute atomic E-state index is 0.138. The molecular weight excluding hydrogens is 454 g/mol. The van der Waals surface area contributed by atoms with Gasteiger partial charge in [0.2, 0.25) is 5.91 Å². The van der Waals surface area contributed by atoms with Gasteiger partial charge in [0.15, 0.2) is 11.0 Å². The van der Waals surface area contributed by atoms with E-state index >= 15 is 0 Å². The van der Waals surface area contributed by atoms with Crippen molar-refractivity contribution in [3.05, 3.63) is 72.6 Å². The lowest BCUT2D eigenvalue weighted by Crippen LogP contribution is -2.28. The zero-order valence-corrected chi connectivity index (χ0v) is 20.1.